The van der Waals surface area contributed by atoms with E-state index >= 15 is 0 Å². The number of carbonyl (C=O) groups excluding carboxylic acids is 2. The van der Waals surface area contributed by atoms with Gasteiger partial charge < -0.3 is 10.2 Å². The maximum atomic E-state index is 13.7. The van der Waals surface area contributed by atoms with Crippen molar-refractivity contribution < 1.29 is 26.8 Å². The lowest BCUT2D eigenvalue weighted by Crippen LogP contribution is -2.52. The van der Waals surface area contributed by atoms with E-state index in [1.165, 1.54) is 4.90 Å². The van der Waals surface area contributed by atoms with Crippen LogP contribution in [-0.2, 0) is 26.2 Å². The van der Waals surface area contributed by atoms with Gasteiger partial charge in [0, 0.05) is 36.1 Å². The quantitative estimate of drug-likeness (QED) is 0.478. The molecule has 2 aromatic carbocycles. The lowest BCUT2D eigenvalue weighted by Gasteiger charge is -2.32. The number of halogens is 3. The van der Waals surface area contributed by atoms with Gasteiger partial charge in [0.05, 0.1) is 11.9 Å². The Morgan fingerprint density at radius 3 is 2.19 bits per heavy atom. The molecule has 0 aromatic heterocycles. The van der Waals surface area contributed by atoms with Crippen LogP contribution < -0.4 is 9.62 Å². The normalized spacial score (nSPS) is 12.7. The molecule has 2 amide bonds. The number of carbonyl (C=O) groups is 2. The average Bonchev–Trinajstić information content (AvgIpc) is 2.75. The van der Waals surface area contributed by atoms with Gasteiger partial charge in [-0.3, -0.25) is 13.9 Å². The fraction of sp³-hybridized carbons (Fsp3) is 0.440. The van der Waals surface area contributed by atoms with E-state index in [1.807, 2.05) is 20.8 Å². The molecule has 1 N–H and O–H groups in total. The van der Waals surface area contributed by atoms with Crippen molar-refractivity contribution in [1.82, 2.24) is 10.2 Å². The molecule has 0 aliphatic rings. The fourth-order valence-electron chi connectivity index (χ4n) is 3.49. The number of anilines is 1. The highest BCUT2D eigenvalue weighted by atomic mass is 35.5. The predicted octanol–water partition coefficient (Wildman–Crippen LogP) is 4.50. The fourth-order valence-corrected chi connectivity index (χ4v) is 4.57. The molecular formula is C25H32ClF2N3O4S. The smallest absolute Gasteiger partial charge is 0.242 e. The van der Waals surface area contributed by atoms with E-state index < -0.39 is 33.2 Å². The van der Waals surface area contributed by atoms with Crippen LogP contribution in [0, 0.1) is 11.6 Å². The van der Waals surface area contributed by atoms with Crippen molar-refractivity contribution in [3.05, 3.63) is 64.7 Å². The highest BCUT2D eigenvalue weighted by Gasteiger charge is 2.28. The maximum Gasteiger partial charge on any atom is 0.242 e. The molecular weight excluding hydrogens is 512 g/mol. The molecule has 2 aromatic rings. The van der Waals surface area contributed by atoms with Crippen LogP contribution >= 0.6 is 11.6 Å². The summed E-state index contributed by atoms with van der Waals surface area (Å²) < 4.78 is 52.5. The molecule has 0 radical (unpaired) electrons. The van der Waals surface area contributed by atoms with Crippen LogP contribution in [0.25, 0.3) is 0 Å². The molecule has 36 heavy (non-hydrogen) atoms. The van der Waals surface area contributed by atoms with Crippen LogP contribution in [0.1, 0.15) is 46.1 Å². The SMILES string of the molecule is C[C@@H](C(=O)NC(C)(C)C)N(Cc1ccc(Cl)cc1)C(=O)CCCN(c1ccc(F)c(F)c1)S(C)(=O)=O. The minimum Gasteiger partial charge on any atom is -0.350 e. The maximum absolute atomic E-state index is 13.7. The Kier molecular flexibility index (Phi) is 9.85. The van der Waals surface area contributed by atoms with Gasteiger partial charge in [-0.25, -0.2) is 17.2 Å². The first-order valence-electron chi connectivity index (χ1n) is 11.4. The second kappa shape index (κ2) is 12.0. The molecule has 0 saturated carbocycles. The Labute approximate surface area is 216 Å². The van der Waals surface area contributed by atoms with E-state index in [0.29, 0.717) is 5.02 Å². The molecule has 0 spiro atoms. The van der Waals surface area contributed by atoms with Crippen LogP contribution in [0.4, 0.5) is 14.5 Å². The largest absolute Gasteiger partial charge is 0.350 e. The van der Waals surface area contributed by atoms with E-state index in [9.17, 15) is 26.8 Å². The number of sulfonamides is 1. The van der Waals surface area contributed by atoms with Crippen molar-refractivity contribution >= 4 is 39.1 Å². The molecule has 2 rings (SSSR count). The number of nitrogens with one attached hydrogen (secondary N) is 1. The van der Waals surface area contributed by atoms with Crippen molar-refractivity contribution in [2.45, 2.75) is 58.7 Å². The summed E-state index contributed by atoms with van der Waals surface area (Å²) in [6.45, 7) is 7.14. The Morgan fingerprint density at radius 2 is 1.67 bits per heavy atom. The molecule has 0 saturated heterocycles. The monoisotopic (exact) mass is 543 g/mol. The van der Waals surface area contributed by atoms with Crippen molar-refractivity contribution in [2.75, 3.05) is 17.1 Å². The zero-order valence-corrected chi connectivity index (χ0v) is 22.6. The second-order valence-corrected chi connectivity index (χ2v) is 11.9. The topological polar surface area (TPSA) is 86.8 Å². The zero-order valence-electron chi connectivity index (χ0n) is 21.0. The first-order valence-corrected chi connectivity index (χ1v) is 13.6. The van der Waals surface area contributed by atoms with Crippen LogP contribution in [-0.4, -0.2) is 49.5 Å². The molecule has 0 unspecified atom stereocenters. The highest BCUT2D eigenvalue weighted by molar-refractivity contribution is 7.92. The van der Waals surface area contributed by atoms with Crippen molar-refractivity contribution in [2.24, 2.45) is 0 Å². The zero-order chi connectivity index (χ0) is 27.3. The van der Waals surface area contributed by atoms with Crippen LogP contribution in [0.3, 0.4) is 0 Å². The lowest BCUT2D eigenvalue weighted by molar-refractivity contribution is -0.141. The summed E-state index contributed by atoms with van der Waals surface area (Å²) in [5, 5.41) is 3.40. The molecule has 0 aliphatic heterocycles. The Bertz CT molecular complexity index is 1180. The highest BCUT2D eigenvalue weighted by Crippen LogP contribution is 2.22. The van der Waals surface area contributed by atoms with Crippen LogP contribution in [0.5, 0.6) is 0 Å². The van der Waals surface area contributed by atoms with Gasteiger partial charge in [0.25, 0.3) is 0 Å². The van der Waals surface area contributed by atoms with Crippen LogP contribution in [0.15, 0.2) is 42.5 Å². The van der Waals surface area contributed by atoms with Crippen molar-refractivity contribution in [1.29, 1.82) is 0 Å². The third kappa shape index (κ3) is 8.74. The van der Waals surface area contributed by atoms with Crippen molar-refractivity contribution in [3.8, 4) is 0 Å². The van der Waals surface area contributed by atoms with Gasteiger partial charge in [-0.05, 0) is 63.9 Å². The number of hydrogen-bond donors (Lipinski definition) is 1. The first-order chi connectivity index (χ1) is 16.6. The van der Waals surface area contributed by atoms with Gasteiger partial charge in [-0.15, -0.1) is 0 Å². The summed E-state index contributed by atoms with van der Waals surface area (Å²) >= 11 is 5.96. The van der Waals surface area contributed by atoms with Gasteiger partial charge in [0.15, 0.2) is 11.6 Å². The number of benzene rings is 2. The summed E-state index contributed by atoms with van der Waals surface area (Å²) in [5.41, 5.74) is 0.225. The molecule has 1 atom stereocenters. The number of hydrogen-bond acceptors (Lipinski definition) is 4. The summed E-state index contributed by atoms with van der Waals surface area (Å²) in [4.78, 5) is 27.5. The molecule has 0 aliphatic carbocycles. The number of rotatable bonds is 10. The van der Waals surface area contributed by atoms with E-state index in [-0.39, 0.29) is 43.4 Å². The summed E-state index contributed by atoms with van der Waals surface area (Å²) in [6.07, 6.45) is 0.966. The van der Waals surface area contributed by atoms with Gasteiger partial charge >= 0.3 is 0 Å². The third-order valence-electron chi connectivity index (χ3n) is 5.28. The number of nitrogens with zero attached hydrogens (tertiary/aromatic N) is 2. The average molecular weight is 544 g/mol. The van der Waals surface area contributed by atoms with Gasteiger partial charge in [0.2, 0.25) is 21.8 Å². The minimum atomic E-state index is -3.83. The summed E-state index contributed by atoms with van der Waals surface area (Å²) in [6, 6.07) is 8.88. The van der Waals surface area contributed by atoms with E-state index in [0.717, 1.165) is 34.3 Å². The van der Waals surface area contributed by atoms with Gasteiger partial charge in [-0.2, -0.15) is 0 Å². The lowest BCUT2D eigenvalue weighted by atomic mass is 10.1. The molecule has 198 valence electrons. The molecule has 0 heterocycles. The molecule has 7 nitrogen and oxygen atoms in total. The van der Waals surface area contributed by atoms with Gasteiger partial charge in [-0.1, -0.05) is 23.7 Å². The van der Waals surface area contributed by atoms with E-state index in [2.05, 4.69) is 5.32 Å². The second-order valence-electron chi connectivity index (χ2n) is 9.60. The molecule has 0 fully saturated rings. The number of amides is 2. The van der Waals surface area contributed by atoms with Crippen molar-refractivity contribution in [3.63, 3.8) is 0 Å². The summed E-state index contributed by atoms with van der Waals surface area (Å²) in [5.74, 6) is -2.96. The third-order valence-corrected chi connectivity index (χ3v) is 6.72. The van der Waals surface area contributed by atoms with E-state index in [1.54, 1.807) is 31.2 Å². The Hall–Kier alpha value is -2.72. The predicted molar refractivity (Wildman–Crippen MR) is 137 cm³/mol. The molecule has 0 bridgehead atoms. The Morgan fingerprint density at radius 1 is 1.06 bits per heavy atom. The van der Waals surface area contributed by atoms with E-state index in [4.69, 9.17) is 11.6 Å². The molecule has 11 heteroatoms. The first kappa shape index (κ1) is 29.5. The standard InChI is InChI=1S/C25H32ClF2N3O4S/c1-17(24(33)29-25(2,3)4)30(16-18-8-10-19(26)11-9-18)23(32)7-6-14-31(36(5,34)35)20-12-13-21(27)22(28)15-20/h8-13,15,17H,6-7,14,16H2,1-5H3,(H,29,33)/t17-/m0/s1. The summed E-state index contributed by atoms with van der Waals surface area (Å²) in [7, 11) is -3.83. The minimum absolute atomic E-state index is 0.0419. The Balaban J connectivity index is 2.20. The van der Waals surface area contributed by atoms with Crippen LogP contribution in [0.2, 0.25) is 5.02 Å². The van der Waals surface area contributed by atoms with Gasteiger partial charge in [0.1, 0.15) is 6.04 Å².